The predicted molar refractivity (Wildman–Crippen MR) is 115 cm³/mol. The highest BCUT2D eigenvalue weighted by molar-refractivity contribution is 5.76. The van der Waals surface area contributed by atoms with E-state index in [-0.39, 0.29) is 0 Å². The first-order chi connectivity index (χ1) is 13.7. The summed E-state index contributed by atoms with van der Waals surface area (Å²) in [4.78, 5) is 4.89. The van der Waals surface area contributed by atoms with E-state index in [0.29, 0.717) is 6.61 Å². The third kappa shape index (κ3) is 4.09. The minimum atomic E-state index is 0.696. The maximum Gasteiger partial charge on any atom is 0.122 e. The second-order valence-electron chi connectivity index (χ2n) is 7.30. The summed E-state index contributed by atoms with van der Waals surface area (Å²) < 4.78 is 8.39. The van der Waals surface area contributed by atoms with Crippen LogP contribution in [0.4, 0.5) is 0 Å². The lowest BCUT2D eigenvalue weighted by Crippen LogP contribution is -2.09. The molecule has 3 heteroatoms. The molecule has 4 rings (SSSR count). The van der Waals surface area contributed by atoms with Gasteiger partial charge in [-0.25, -0.2) is 4.98 Å². The molecule has 0 aliphatic heterocycles. The zero-order chi connectivity index (χ0) is 19.3. The maximum atomic E-state index is 6.05. The molecule has 1 aromatic heterocycles. The fourth-order valence-electron chi connectivity index (χ4n) is 3.56. The van der Waals surface area contributed by atoms with Gasteiger partial charge >= 0.3 is 0 Å². The van der Waals surface area contributed by atoms with Crippen molar-refractivity contribution in [3.05, 3.63) is 95.3 Å². The highest BCUT2D eigenvalue weighted by Crippen LogP contribution is 2.21. The Morgan fingerprint density at radius 3 is 2.54 bits per heavy atom. The van der Waals surface area contributed by atoms with Crippen molar-refractivity contribution in [1.29, 1.82) is 0 Å². The first-order valence-electron chi connectivity index (χ1n) is 9.89. The highest BCUT2D eigenvalue weighted by atomic mass is 16.5. The number of nitrogens with zero attached hydrogens (tertiary/aromatic N) is 2. The molecule has 142 valence electrons. The van der Waals surface area contributed by atoms with E-state index in [1.54, 1.807) is 0 Å². The van der Waals surface area contributed by atoms with Crippen molar-refractivity contribution in [2.45, 2.75) is 33.2 Å². The molecule has 0 spiro atoms. The second-order valence-corrected chi connectivity index (χ2v) is 7.30. The van der Waals surface area contributed by atoms with Gasteiger partial charge in [0.25, 0.3) is 0 Å². The fourth-order valence-corrected chi connectivity index (χ4v) is 3.56. The third-order valence-electron chi connectivity index (χ3n) is 5.07. The van der Waals surface area contributed by atoms with Crippen LogP contribution >= 0.6 is 0 Å². The monoisotopic (exact) mass is 370 g/mol. The second kappa shape index (κ2) is 8.30. The summed E-state index contributed by atoms with van der Waals surface area (Å²) in [6.45, 7) is 5.78. The SMILES string of the molecule is Cc1ccc(C)c(OCCCn2c(Cc3ccccc3)nc3ccccc32)c1. The van der Waals surface area contributed by atoms with Crippen molar-refractivity contribution in [3.8, 4) is 5.75 Å². The molecule has 0 atom stereocenters. The number of para-hydroxylation sites is 2. The van der Waals surface area contributed by atoms with Crippen molar-refractivity contribution in [2.75, 3.05) is 6.61 Å². The first kappa shape index (κ1) is 18.3. The molecule has 0 aliphatic rings. The molecule has 0 N–H and O–H groups in total. The molecule has 0 saturated heterocycles. The van der Waals surface area contributed by atoms with Gasteiger partial charge in [0.2, 0.25) is 0 Å². The number of aromatic nitrogens is 2. The molecule has 3 nitrogen and oxygen atoms in total. The molecular weight excluding hydrogens is 344 g/mol. The molecule has 3 aromatic carbocycles. The zero-order valence-electron chi connectivity index (χ0n) is 16.6. The standard InChI is InChI=1S/C25H26N2O/c1-19-13-14-20(2)24(17-19)28-16-8-15-27-23-12-7-6-11-22(23)26-25(27)18-21-9-4-3-5-10-21/h3-7,9-14,17H,8,15-16,18H2,1-2H3. The molecule has 28 heavy (non-hydrogen) atoms. The topological polar surface area (TPSA) is 27.1 Å². The molecular formula is C25H26N2O. The molecule has 4 aromatic rings. The van der Waals surface area contributed by atoms with Crippen LogP contribution < -0.4 is 4.74 Å². The number of hydrogen-bond donors (Lipinski definition) is 0. The Kier molecular flexibility index (Phi) is 5.43. The Labute approximate surface area is 166 Å². The van der Waals surface area contributed by atoms with Crippen LogP contribution in [0.5, 0.6) is 5.75 Å². The van der Waals surface area contributed by atoms with Crippen molar-refractivity contribution in [1.82, 2.24) is 9.55 Å². The third-order valence-corrected chi connectivity index (χ3v) is 5.07. The van der Waals surface area contributed by atoms with Gasteiger partial charge in [0, 0.05) is 13.0 Å². The average Bonchev–Trinajstić information content (AvgIpc) is 3.05. The van der Waals surface area contributed by atoms with Crippen LogP contribution in [0.1, 0.15) is 28.9 Å². The van der Waals surface area contributed by atoms with E-state index in [0.717, 1.165) is 36.5 Å². The summed E-state index contributed by atoms with van der Waals surface area (Å²) >= 11 is 0. The predicted octanol–water partition coefficient (Wildman–Crippen LogP) is 5.71. The zero-order valence-corrected chi connectivity index (χ0v) is 16.6. The van der Waals surface area contributed by atoms with E-state index in [2.05, 4.69) is 91.2 Å². The molecule has 0 amide bonds. The van der Waals surface area contributed by atoms with Gasteiger partial charge in [-0.15, -0.1) is 0 Å². The first-order valence-corrected chi connectivity index (χ1v) is 9.89. The van der Waals surface area contributed by atoms with Gasteiger partial charge < -0.3 is 9.30 Å². The Bertz CT molecular complexity index is 1070. The summed E-state index contributed by atoms with van der Waals surface area (Å²) in [6.07, 6.45) is 1.78. The lowest BCUT2D eigenvalue weighted by molar-refractivity contribution is 0.300. The lowest BCUT2D eigenvalue weighted by atomic mass is 10.1. The molecule has 0 unspecified atom stereocenters. The Morgan fingerprint density at radius 2 is 1.68 bits per heavy atom. The lowest BCUT2D eigenvalue weighted by Gasteiger charge is -2.12. The number of aryl methyl sites for hydroxylation is 3. The minimum absolute atomic E-state index is 0.696. The molecule has 0 fully saturated rings. The normalized spacial score (nSPS) is 11.1. The molecule has 0 saturated carbocycles. The van der Waals surface area contributed by atoms with E-state index in [1.807, 2.05) is 0 Å². The summed E-state index contributed by atoms with van der Waals surface area (Å²) in [7, 11) is 0. The van der Waals surface area contributed by atoms with Crippen molar-refractivity contribution in [2.24, 2.45) is 0 Å². The van der Waals surface area contributed by atoms with Gasteiger partial charge in [-0.2, -0.15) is 0 Å². The van der Waals surface area contributed by atoms with Crippen LogP contribution in [0.2, 0.25) is 0 Å². The van der Waals surface area contributed by atoms with Crippen LogP contribution in [0.15, 0.2) is 72.8 Å². The summed E-state index contributed by atoms with van der Waals surface area (Å²) in [5, 5.41) is 0. The van der Waals surface area contributed by atoms with Gasteiger partial charge in [0.15, 0.2) is 0 Å². The Morgan fingerprint density at radius 1 is 0.893 bits per heavy atom. The van der Waals surface area contributed by atoms with E-state index in [4.69, 9.17) is 9.72 Å². The number of fused-ring (bicyclic) bond motifs is 1. The quantitative estimate of drug-likeness (QED) is 0.389. The van der Waals surface area contributed by atoms with Crippen molar-refractivity contribution in [3.63, 3.8) is 0 Å². The summed E-state index contributed by atoms with van der Waals surface area (Å²) in [6, 6.07) is 25.3. The Balaban J connectivity index is 1.49. The van der Waals surface area contributed by atoms with Crippen LogP contribution in [0.3, 0.4) is 0 Å². The van der Waals surface area contributed by atoms with Gasteiger partial charge in [0.05, 0.1) is 17.6 Å². The molecule has 0 bridgehead atoms. The number of ether oxygens (including phenoxy) is 1. The van der Waals surface area contributed by atoms with Crippen molar-refractivity contribution < 1.29 is 4.74 Å². The van der Waals surface area contributed by atoms with E-state index in [9.17, 15) is 0 Å². The van der Waals surface area contributed by atoms with Gasteiger partial charge in [-0.05, 0) is 55.2 Å². The van der Waals surface area contributed by atoms with Gasteiger partial charge in [-0.3, -0.25) is 0 Å². The maximum absolute atomic E-state index is 6.05. The minimum Gasteiger partial charge on any atom is -0.493 e. The van der Waals surface area contributed by atoms with E-state index < -0.39 is 0 Å². The van der Waals surface area contributed by atoms with Crippen LogP contribution in [-0.2, 0) is 13.0 Å². The number of hydrogen-bond acceptors (Lipinski definition) is 2. The summed E-state index contributed by atoms with van der Waals surface area (Å²) in [5.41, 5.74) is 5.95. The number of benzene rings is 3. The largest absolute Gasteiger partial charge is 0.493 e. The molecule has 1 heterocycles. The fraction of sp³-hybridized carbons (Fsp3) is 0.240. The van der Waals surface area contributed by atoms with Crippen LogP contribution in [-0.4, -0.2) is 16.2 Å². The molecule has 0 aliphatic carbocycles. The summed E-state index contributed by atoms with van der Waals surface area (Å²) in [5.74, 6) is 2.10. The number of rotatable bonds is 7. The van der Waals surface area contributed by atoms with Crippen molar-refractivity contribution >= 4 is 11.0 Å². The smallest absolute Gasteiger partial charge is 0.122 e. The van der Waals surface area contributed by atoms with Gasteiger partial charge in [0.1, 0.15) is 11.6 Å². The number of imidazole rings is 1. The van der Waals surface area contributed by atoms with Crippen LogP contribution in [0, 0.1) is 13.8 Å². The van der Waals surface area contributed by atoms with E-state index >= 15 is 0 Å². The highest BCUT2D eigenvalue weighted by Gasteiger charge is 2.11. The Hall–Kier alpha value is -3.07. The molecule has 0 radical (unpaired) electrons. The van der Waals surface area contributed by atoms with E-state index in [1.165, 1.54) is 22.2 Å². The van der Waals surface area contributed by atoms with Gasteiger partial charge in [-0.1, -0.05) is 54.6 Å². The van der Waals surface area contributed by atoms with Crippen LogP contribution in [0.25, 0.3) is 11.0 Å². The average molecular weight is 370 g/mol.